The van der Waals surface area contributed by atoms with Crippen molar-refractivity contribution in [2.24, 2.45) is 0 Å². The van der Waals surface area contributed by atoms with Gasteiger partial charge in [0, 0.05) is 73.0 Å². The highest BCUT2D eigenvalue weighted by Gasteiger charge is 2.35. The molecule has 37 heavy (non-hydrogen) atoms. The number of aryl methyl sites for hydroxylation is 1. The van der Waals surface area contributed by atoms with E-state index in [1.165, 1.54) is 11.1 Å². The zero-order valence-corrected chi connectivity index (χ0v) is 22.2. The topological polar surface area (TPSA) is 73.4 Å². The number of rotatable bonds is 6. The molecule has 1 unspecified atom stereocenters. The van der Waals surface area contributed by atoms with E-state index in [1.54, 1.807) is 0 Å². The van der Waals surface area contributed by atoms with Gasteiger partial charge in [0.2, 0.25) is 5.95 Å². The molecule has 1 saturated heterocycles. The van der Waals surface area contributed by atoms with Crippen LogP contribution in [0.25, 0.3) is 5.57 Å². The zero-order chi connectivity index (χ0) is 26.1. The molecular weight excluding hydrogens is 460 g/mol. The van der Waals surface area contributed by atoms with Crippen molar-refractivity contribution in [2.45, 2.75) is 58.8 Å². The minimum absolute atomic E-state index is 0.0958. The van der Waals surface area contributed by atoms with E-state index < -0.39 is 0 Å². The first-order chi connectivity index (χ1) is 17.8. The quantitative estimate of drug-likeness (QED) is 0.462. The summed E-state index contributed by atoms with van der Waals surface area (Å²) in [6.45, 7) is 12.7. The molecule has 0 saturated carbocycles. The van der Waals surface area contributed by atoms with Gasteiger partial charge in [-0.3, -0.25) is 9.69 Å². The van der Waals surface area contributed by atoms with Gasteiger partial charge in [0.05, 0.1) is 5.69 Å². The highest BCUT2D eigenvalue weighted by Crippen LogP contribution is 2.31. The first-order valence-electron chi connectivity index (χ1n) is 13.0. The van der Waals surface area contributed by atoms with Crippen molar-refractivity contribution in [1.29, 1.82) is 0 Å². The molecule has 0 radical (unpaired) electrons. The Morgan fingerprint density at radius 3 is 2.62 bits per heavy atom. The normalized spacial score (nSPS) is 19.4. The zero-order valence-electron chi connectivity index (χ0n) is 22.2. The monoisotopic (exact) mass is 496 g/mol. The number of hydrogen-bond donors (Lipinski definition) is 2. The molecule has 2 aliphatic rings. The molecule has 0 bridgehead atoms. The highest BCUT2D eigenvalue weighted by atomic mass is 16.2. The number of aromatic nitrogens is 2. The Morgan fingerprint density at radius 2 is 1.92 bits per heavy atom. The summed E-state index contributed by atoms with van der Waals surface area (Å²) in [6, 6.07) is 14.7. The van der Waals surface area contributed by atoms with Crippen molar-refractivity contribution in [2.75, 3.05) is 24.2 Å². The van der Waals surface area contributed by atoms with Crippen molar-refractivity contribution >= 4 is 28.8 Å². The summed E-state index contributed by atoms with van der Waals surface area (Å²) in [7, 11) is 1.89. The van der Waals surface area contributed by atoms with Gasteiger partial charge in [-0.15, -0.1) is 0 Å². The van der Waals surface area contributed by atoms with Crippen molar-refractivity contribution < 1.29 is 4.79 Å². The molecule has 7 heteroatoms. The van der Waals surface area contributed by atoms with Crippen LogP contribution in [0.2, 0.25) is 0 Å². The molecule has 0 spiro atoms. The molecule has 2 aromatic carbocycles. The lowest BCUT2D eigenvalue weighted by atomic mass is 9.95. The molecule has 1 fully saturated rings. The molecule has 5 rings (SSSR count). The van der Waals surface area contributed by atoms with Crippen LogP contribution in [-0.2, 0) is 13.1 Å². The minimum atomic E-state index is 0.0958. The van der Waals surface area contributed by atoms with E-state index in [-0.39, 0.29) is 11.9 Å². The van der Waals surface area contributed by atoms with Crippen molar-refractivity contribution in [3.05, 3.63) is 83.2 Å². The second kappa shape index (κ2) is 10.3. The van der Waals surface area contributed by atoms with Crippen LogP contribution in [0.15, 0.2) is 55.2 Å². The van der Waals surface area contributed by atoms with Gasteiger partial charge in [-0.05, 0) is 69.5 Å². The first kappa shape index (κ1) is 25.0. The fourth-order valence-corrected chi connectivity index (χ4v) is 5.46. The highest BCUT2D eigenvalue weighted by molar-refractivity contribution is 5.96. The smallest absolute Gasteiger partial charge is 0.254 e. The third kappa shape index (κ3) is 5.23. The van der Waals surface area contributed by atoms with Crippen LogP contribution in [-0.4, -0.2) is 51.4 Å². The summed E-state index contributed by atoms with van der Waals surface area (Å²) in [4.78, 5) is 27.3. The molecule has 2 atom stereocenters. The first-order valence-corrected chi connectivity index (χ1v) is 13.0. The van der Waals surface area contributed by atoms with Gasteiger partial charge in [-0.2, -0.15) is 0 Å². The van der Waals surface area contributed by atoms with E-state index in [2.05, 4.69) is 53.1 Å². The van der Waals surface area contributed by atoms with Crippen LogP contribution in [0.4, 0.5) is 17.3 Å². The Kier molecular flexibility index (Phi) is 6.98. The average Bonchev–Trinajstić information content (AvgIpc) is 3.32. The lowest BCUT2D eigenvalue weighted by molar-refractivity contribution is 0.0460. The number of carbonyl (C=O) groups is 1. The molecule has 192 valence electrons. The Bertz CT molecular complexity index is 1320. The van der Waals surface area contributed by atoms with Crippen LogP contribution >= 0.6 is 0 Å². The summed E-state index contributed by atoms with van der Waals surface area (Å²) in [5, 5.41) is 6.51. The summed E-state index contributed by atoms with van der Waals surface area (Å²) < 4.78 is 0. The van der Waals surface area contributed by atoms with Gasteiger partial charge in [0.25, 0.3) is 5.91 Å². The fraction of sp³-hybridized carbons (Fsp3) is 0.367. The SMILES string of the molecule is C=C(C)c1cc(C(=O)N2CC[C@@H](N3Cc4cnc(Nc5ccc(C)cc5)nc4C3)CC2C)ccc1NC. The third-order valence-corrected chi connectivity index (χ3v) is 7.61. The summed E-state index contributed by atoms with van der Waals surface area (Å²) in [6.07, 6.45) is 3.85. The molecule has 1 aromatic heterocycles. The number of nitrogens with one attached hydrogen (secondary N) is 2. The molecule has 2 N–H and O–H groups in total. The molecule has 0 aliphatic carbocycles. The van der Waals surface area contributed by atoms with E-state index >= 15 is 0 Å². The standard InChI is InChI=1S/C30H36N6O/c1-19(2)26-15-22(8-11-27(26)31-5)29(37)36-13-12-25(14-21(36)4)35-17-23-16-32-30(34-28(23)18-35)33-24-9-6-20(3)7-10-24/h6-11,15-16,21,25,31H,1,12-14,17-18H2,2-5H3,(H,32,33,34)/t21?,25-/m1/s1. The summed E-state index contributed by atoms with van der Waals surface area (Å²) in [5.74, 6) is 0.732. The number of allylic oxidation sites excluding steroid dienone is 1. The maximum Gasteiger partial charge on any atom is 0.254 e. The van der Waals surface area contributed by atoms with Crippen LogP contribution in [0, 0.1) is 6.92 Å². The molecule has 3 aromatic rings. The number of fused-ring (bicyclic) bond motifs is 1. The van der Waals surface area contributed by atoms with Gasteiger partial charge >= 0.3 is 0 Å². The number of anilines is 3. The van der Waals surface area contributed by atoms with Crippen molar-refractivity contribution in [3.8, 4) is 0 Å². The molecular formula is C30H36N6O. The Hall–Kier alpha value is -3.71. The Balaban J connectivity index is 1.22. The van der Waals surface area contributed by atoms with Gasteiger partial charge in [-0.1, -0.05) is 24.3 Å². The van der Waals surface area contributed by atoms with E-state index in [0.717, 1.165) is 66.2 Å². The van der Waals surface area contributed by atoms with E-state index in [9.17, 15) is 4.79 Å². The van der Waals surface area contributed by atoms with Crippen molar-refractivity contribution in [3.63, 3.8) is 0 Å². The second-order valence-corrected chi connectivity index (χ2v) is 10.4. The second-order valence-electron chi connectivity index (χ2n) is 10.4. The largest absolute Gasteiger partial charge is 0.388 e. The van der Waals surface area contributed by atoms with Crippen LogP contribution < -0.4 is 10.6 Å². The predicted molar refractivity (Wildman–Crippen MR) is 150 cm³/mol. The third-order valence-electron chi connectivity index (χ3n) is 7.61. The Morgan fingerprint density at radius 1 is 1.14 bits per heavy atom. The number of likely N-dealkylation sites (tertiary alicyclic amines) is 1. The lowest BCUT2D eigenvalue weighted by Crippen LogP contribution is -2.50. The van der Waals surface area contributed by atoms with Gasteiger partial charge < -0.3 is 15.5 Å². The molecule has 2 aliphatic heterocycles. The molecule has 1 amide bonds. The maximum absolute atomic E-state index is 13.4. The molecule has 7 nitrogen and oxygen atoms in total. The summed E-state index contributed by atoms with van der Waals surface area (Å²) in [5.41, 5.74) is 8.14. The average molecular weight is 497 g/mol. The van der Waals surface area contributed by atoms with Crippen LogP contribution in [0.3, 0.4) is 0 Å². The Labute approximate surface area is 219 Å². The molecule has 3 heterocycles. The number of benzene rings is 2. The van der Waals surface area contributed by atoms with E-state index in [4.69, 9.17) is 4.98 Å². The number of hydrogen-bond acceptors (Lipinski definition) is 6. The van der Waals surface area contributed by atoms with Crippen LogP contribution in [0.5, 0.6) is 0 Å². The van der Waals surface area contributed by atoms with E-state index in [0.29, 0.717) is 12.0 Å². The van der Waals surface area contributed by atoms with Crippen molar-refractivity contribution in [1.82, 2.24) is 19.8 Å². The number of amides is 1. The minimum Gasteiger partial charge on any atom is -0.388 e. The lowest BCUT2D eigenvalue weighted by Gasteiger charge is -2.41. The van der Waals surface area contributed by atoms with E-state index in [1.807, 2.05) is 55.4 Å². The number of piperidine rings is 1. The predicted octanol–water partition coefficient (Wildman–Crippen LogP) is 5.61. The summed E-state index contributed by atoms with van der Waals surface area (Å²) >= 11 is 0. The van der Waals surface area contributed by atoms with Gasteiger partial charge in [-0.25, -0.2) is 9.97 Å². The van der Waals surface area contributed by atoms with Crippen LogP contribution in [0.1, 0.15) is 59.4 Å². The number of nitrogens with zero attached hydrogens (tertiary/aromatic N) is 4. The number of carbonyl (C=O) groups excluding carboxylic acids is 1. The maximum atomic E-state index is 13.4. The van der Waals surface area contributed by atoms with Gasteiger partial charge in [0.1, 0.15) is 0 Å². The fourth-order valence-electron chi connectivity index (χ4n) is 5.46. The van der Waals surface area contributed by atoms with Gasteiger partial charge in [0.15, 0.2) is 0 Å².